The van der Waals surface area contributed by atoms with Crippen molar-refractivity contribution in [2.75, 3.05) is 6.54 Å². The van der Waals surface area contributed by atoms with E-state index in [1.807, 2.05) is 84.9 Å². The van der Waals surface area contributed by atoms with E-state index in [1.54, 1.807) is 30.3 Å². The average molecular weight is 462 g/mol. The van der Waals surface area contributed by atoms with Gasteiger partial charge in [0.05, 0.1) is 11.4 Å². The van der Waals surface area contributed by atoms with Crippen LogP contribution in [0.25, 0.3) is 11.1 Å². The van der Waals surface area contributed by atoms with Gasteiger partial charge in [-0.2, -0.15) is 4.31 Å². The highest BCUT2D eigenvalue weighted by Crippen LogP contribution is 2.34. The number of benzene rings is 4. The SMILES string of the molecule is C#CCN(C(C#Cc1ccccc1)c1ccccc1-c1ccccc1)S(=O)(=O)c1ccccc1. The van der Waals surface area contributed by atoms with Crippen LogP contribution in [-0.2, 0) is 10.0 Å². The lowest BCUT2D eigenvalue weighted by Gasteiger charge is -2.28. The van der Waals surface area contributed by atoms with Crippen molar-refractivity contribution in [3.8, 4) is 35.3 Å². The minimum atomic E-state index is -3.93. The first-order valence-corrected chi connectivity index (χ1v) is 12.3. The zero-order chi connectivity index (χ0) is 23.8. The summed E-state index contributed by atoms with van der Waals surface area (Å²) in [5, 5.41) is 0. The Morgan fingerprint density at radius 1 is 0.735 bits per heavy atom. The van der Waals surface area contributed by atoms with Crippen molar-refractivity contribution in [1.29, 1.82) is 0 Å². The van der Waals surface area contributed by atoms with Gasteiger partial charge in [0.25, 0.3) is 0 Å². The van der Waals surface area contributed by atoms with Gasteiger partial charge in [0, 0.05) is 5.56 Å². The second-order valence-corrected chi connectivity index (χ2v) is 9.45. The number of hydrogen-bond acceptors (Lipinski definition) is 2. The lowest BCUT2D eigenvalue weighted by atomic mass is 9.94. The zero-order valence-electron chi connectivity index (χ0n) is 18.5. The molecule has 0 amide bonds. The Labute approximate surface area is 201 Å². The largest absolute Gasteiger partial charge is 0.245 e. The van der Waals surface area contributed by atoms with E-state index < -0.39 is 16.1 Å². The van der Waals surface area contributed by atoms with Gasteiger partial charge in [-0.25, -0.2) is 8.42 Å². The molecule has 166 valence electrons. The van der Waals surface area contributed by atoms with Crippen LogP contribution in [0, 0.1) is 24.2 Å². The fourth-order valence-corrected chi connectivity index (χ4v) is 5.19. The molecule has 4 rings (SSSR count). The van der Waals surface area contributed by atoms with Crippen molar-refractivity contribution in [2.45, 2.75) is 10.9 Å². The number of rotatable bonds is 6. The van der Waals surface area contributed by atoms with Crippen LogP contribution in [0.5, 0.6) is 0 Å². The monoisotopic (exact) mass is 461 g/mol. The van der Waals surface area contributed by atoms with E-state index in [-0.39, 0.29) is 11.4 Å². The Morgan fingerprint density at radius 3 is 1.94 bits per heavy atom. The summed E-state index contributed by atoms with van der Waals surface area (Å²) in [7, 11) is -3.93. The van der Waals surface area contributed by atoms with Crippen molar-refractivity contribution < 1.29 is 8.42 Å². The van der Waals surface area contributed by atoms with Gasteiger partial charge in [-0.3, -0.25) is 0 Å². The van der Waals surface area contributed by atoms with E-state index in [0.717, 1.165) is 22.3 Å². The lowest BCUT2D eigenvalue weighted by Crippen LogP contribution is -2.35. The summed E-state index contributed by atoms with van der Waals surface area (Å²) in [5.41, 5.74) is 3.44. The smallest absolute Gasteiger partial charge is 0.207 e. The van der Waals surface area contributed by atoms with Gasteiger partial charge < -0.3 is 0 Å². The fourth-order valence-electron chi connectivity index (χ4n) is 3.73. The molecule has 0 saturated carbocycles. The molecule has 34 heavy (non-hydrogen) atoms. The maximum Gasteiger partial charge on any atom is 0.245 e. The second kappa shape index (κ2) is 10.7. The third kappa shape index (κ3) is 5.11. The summed E-state index contributed by atoms with van der Waals surface area (Å²) >= 11 is 0. The molecule has 3 nitrogen and oxygen atoms in total. The van der Waals surface area contributed by atoms with Gasteiger partial charge in [-0.05, 0) is 41.0 Å². The molecule has 0 saturated heterocycles. The lowest BCUT2D eigenvalue weighted by molar-refractivity contribution is 0.411. The summed E-state index contributed by atoms with van der Waals surface area (Å²) < 4.78 is 28.8. The molecular weight excluding hydrogens is 438 g/mol. The number of hydrogen-bond donors (Lipinski definition) is 0. The highest BCUT2D eigenvalue weighted by atomic mass is 32.2. The predicted molar refractivity (Wildman–Crippen MR) is 137 cm³/mol. The van der Waals surface area contributed by atoms with Crippen LogP contribution in [-0.4, -0.2) is 19.3 Å². The molecule has 0 aliphatic rings. The highest BCUT2D eigenvalue weighted by Gasteiger charge is 2.32. The summed E-state index contributed by atoms with van der Waals surface area (Å²) in [4.78, 5) is 0.175. The third-order valence-corrected chi connectivity index (χ3v) is 7.18. The summed E-state index contributed by atoms with van der Waals surface area (Å²) in [5.74, 6) is 8.91. The van der Waals surface area contributed by atoms with Crippen molar-refractivity contribution in [3.63, 3.8) is 0 Å². The molecule has 1 atom stereocenters. The van der Waals surface area contributed by atoms with Crippen LogP contribution in [0.4, 0.5) is 0 Å². The van der Waals surface area contributed by atoms with Crippen molar-refractivity contribution in [1.82, 2.24) is 4.31 Å². The Hall–Kier alpha value is -4.09. The Kier molecular flexibility index (Phi) is 7.25. The van der Waals surface area contributed by atoms with Crippen LogP contribution in [0.15, 0.2) is 120 Å². The molecule has 0 aliphatic heterocycles. The number of nitrogens with zero attached hydrogens (tertiary/aromatic N) is 1. The molecule has 0 heterocycles. The van der Waals surface area contributed by atoms with E-state index >= 15 is 0 Å². The van der Waals surface area contributed by atoms with Gasteiger partial charge in [0.1, 0.15) is 6.04 Å². The van der Waals surface area contributed by atoms with Crippen LogP contribution in [0.2, 0.25) is 0 Å². The van der Waals surface area contributed by atoms with Crippen molar-refractivity contribution in [3.05, 3.63) is 126 Å². The maximum absolute atomic E-state index is 13.8. The van der Waals surface area contributed by atoms with Gasteiger partial charge >= 0.3 is 0 Å². The van der Waals surface area contributed by atoms with E-state index in [9.17, 15) is 8.42 Å². The van der Waals surface area contributed by atoms with Crippen LogP contribution >= 0.6 is 0 Å². The Balaban J connectivity index is 1.92. The highest BCUT2D eigenvalue weighted by molar-refractivity contribution is 7.89. The zero-order valence-corrected chi connectivity index (χ0v) is 19.3. The van der Waals surface area contributed by atoms with E-state index in [4.69, 9.17) is 6.42 Å². The molecule has 0 spiro atoms. The summed E-state index contributed by atoms with van der Waals surface area (Å²) in [6, 6.07) is 34.6. The number of terminal acetylenes is 1. The van der Waals surface area contributed by atoms with Crippen LogP contribution in [0.3, 0.4) is 0 Å². The quantitative estimate of drug-likeness (QED) is 0.342. The molecule has 0 aliphatic carbocycles. The molecule has 4 aromatic carbocycles. The molecule has 0 fully saturated rings. The Bertz CT molecular complexity index is 1450. The van der Waals surface area contributed by atoms with Gasteiger partial charge in [-0.1, -0.05) is 109 Å². The third-order valence-electron chi connectivity index (χ3n) is 5.35. The standard InChI is InChI=1S/C30H23NO2S/c1-2-24-31(34(32,33)27-18-10-5-11-19-27)30(23-22-25-14-6-3-7-15-25)29-21-13-12-20-28(29)26-16-8-4-9-17-26/h1,3-21,30H,24H2. The van der Waals surface area contributed by atoms with Gasteiger partial charge in [0.2, 0.25) is 10.0 Å². The molecule has 0 aromatic heterocycles. The van der Waals surface area contributed by atoms with Crippen molar-refractivity contribution in [2.24, 2.45) is 0 Å². The van der Waals surface area contributed by atoms with E-state index in [2.05, 4.69) is 17.8 Å². The average Bonchev–Trinajstić information content (AvgIpc) is 2.90. The molecule has 0 radical (unpaired) electrons. The molecule has 0 bridgehead atoms. The first-order chi connectivity index (χ1) is 16.6. The summed E-state index contributed by atoms with van der Waals surface area (Å²) in [6.07, 6.45) is 5.67. The first-order valence-electron chi connectivity index (χ1n) is 10.8. The Morgan fingerprint density at radius 2 is 1.29 bits per heavy atom. The van der Waals surface area contributed by atoms with Gasteiger partial charge in [-0.15, -0.1) is 6.42 Å². The molecule has 1 unspecified atom stereocenters. The topological polar surface area (TPSA) is 37.4 Å². The minimum Gasteiger partial charge on any atom is -0.207 e. The normalized spacial score (nSPS) is 11.8. The second-order valence-electron chi connectivity index (χ2n) is 7.56. The molecule has 0 N–H and O–H groups in total. The molecule has 4 aromatic rings. The van der Waals surface area contributed by atoms with E-state index in [0.29, 0.717) is 0 Å². The predicted octanol–water partition coefficient (Wildman–Crippen LogP) is 5.77. The van der Waals surface area contributed by atoms with Crippen LogP contribution in [0.1, 0.15) is 17.2 Å². The van der Waals surface area contributed by atoms with E-state index in [1.165, 1.54) is 4.31 Å². The molecule has 4 heteroatoms. The van der Waals surface area contributed by atoms with Gasteiger partial charge in [0.15, 0.2) is 0 Å². The minimum absolute atomic E-state index is 0.117. The fraction of sp³-hybridized carbons (Fsp3) is 0.0667. The number of sulfonamides is 1. The molecular formula is C30H23NO2S. The summed E-state index contributed by atoms with van der Waals surface area (Å²) in [6.45, 7) is -0.117. The van der Waals surface area contributed by atoms with Crippen molar-refractivity contribution >= 4 is 10.0 Å². The van der Waals surface area contributed by atoms with Crippen LogP contribution < -0.4 is 0 Å². The first kappa shape index (κ1) is 23.1. The maximum atomic E-state index is 13.8.